The SMILES string of the molecule is NC(=O)CCCNC(=O)NC1(CC(=O)O)CCC1. The summed E-state index contributed by atoms with van der Waals surface area (Å²) in [4.78, 5) is 32.7. The predicted molar refractivity (Wildman–Crippen MR) is 63.8 cm³/mol. The number of carboxylic acids is 1. The number of nitrogens with two attached hydrogens (primary N) is 1. The summed E-state index contributed by atoms with van der Waals surface area (Å²) < 4.78 is 0. The highest BCUT2D eigenvalue weighted by Crippen LogP contribution is 2.34. The molecule has 1 rings (SSSR count). The van der Waals surface area contributed by atoms with Gasteiger partial charge in [-0.2, -0.15) is 0 Å². The molecule has 0 heterocycles. The van der Waals surface area contributed by atoms with Gasteiger partial charge in [-0.1, -0.05) is 0 Å². The van der Waals surface area contributed by atoms with E-state index >= 15 is 0 Å². The van der Waals surface area contributed by atoms with Crippen molar-refractivity contribution in [2.45, 2.75) is 44.1 Å². The molecule has 0 bridgehead atoms. The highest BCUT2D eigenvalue weighted by Gasteiger charge is 2.40. The average Bonchev–Trinajstić information content (AvgIpc) is 2.20. The van der Waals surface area contributed by atoms with Crippen LogP contribution in [0, 0.1) is 0 Å². The molecule has 1 fully saturated rings. The van der Waals surface area contributed by atoms with Crippen molar-refractivity contribution in [3.8, 4) is 0 Å². The molecule has 0 saturated heterocycles. The molecule has 3 amide bonds. The van der Waals surface area contributed by atoms with Crippen LogP contribution in [0.5, 0.6) is 0 Å². The summed E-state index contributed by atoms with van der Waals surface area (Å²) in [6.45, 7) is 0.345. The average molecular weight is 257 g/mol. The van der Waals surface area contributed by atoms with E-state index in [0.29, 0.717) is 25.8 Å². The molecule has 0 radical (unpaired) electrons. The monoisotopic (exact) mass is 257 g/mol. The van der Waals surface area contributed by atoms with Gasteiger partial charge in [0, 0.05) is 13.0 Å². The molecule has 0 aromatic heterocycles. The van der Waals surface area contributed by atoms with Crippen molar-refractivity contribution < 1.29 is 19.5 Å². The van der Waals surface area contributed by atoms with E-state index in [1.165, 1.54) is 0 Å². The Labute approximate surface area is 105 Å². The summed E-state index contributed by atoms with van der Waals surface area (Å²) in [7, 11) is 0. The Bertz CT molecular complexity index is 339. The van der Waals surface area contributed by atoms with Crippen LogP contribution < -0.4 is 16.4 Å². The Morgan fingerprint density at radius 3 is 2.39 bits per heavy atom. The van der Waals surface area contributed by atoms with Gasteiger partial charge in [-0.05, 0) is 25.7 Å². The van der Waals surface area contributed by atoms with E-state index in [-0.39, 0.29) is 18.9 Å². The van der Waals surface area contributed by atoms with Crippen LogP contribution in [-0.2, 0) is 9.59 Å². The maximum Gasteiger partial charge on any atom is 0.315 e. The van der Waals surface area contributed by atoms with Gasteiger partial charge in [0.2, 0.25) is 5.91 Å². The van der Waals surface area contributed by atoms with Gasteiger partial charge in [0.25, 0.3) is 0 Å². The number of primary amides is 1. The number of rotatable bonds is 7. The zero-order valence-corrected chi connectivity index (χ0v) is 10.2. The van der Waals surface area contributed by atoms with Crippen molar-refractivity contribution in [1.29, 1.82) is 0 Å². The number of nitrogens with one attached hydrogen (secondary N) is 2. The third kappa shape index (κ3) is 4.60. The van der Waals surface area contributed by atoms with Gasteiger partial charge < -0.3 is 21.5 Å². The molecule has 1 aliphatic rings. The largest absolute Gasteiger partial charge is 0.481 e. The first-order valence-corrected chi connectivity index (χ1v) is 6.00. The Kier molecular flexibility index (Phi) is 4.94. The van der Waals surface area contributed by atoms with E-state index in [1.54, 1.807) is 0 Å². The highest BCUT2D eigenvalue weighted by molar-refractivity contribution is 5.77. The molecule has 1 aliphatic carbocycles. The van der Waals surface area contributed by atoms with E-state index in [9.17, 15) is 14.4 Å². The minimum absolute atomic E-state index is 0.0539. The molecule has 0 unspecified atom stereocenters. The second kappa shape index (κ2) is 6.23. The summed E-state index contributed by atoms with van der Waals surface area (Å²) in [5.41, 5.74) is 4.37. The van der Waals surface area contributed by atoms with E-state index in [0.717, 1.165) is 6.42 Å². The molecular weight excluding hydrogens is 238 g/mol. The van der Waals surface area contributed by atoms with Gasteiger partial charge in [0.15, 0.2) is 0 Å². The molecule has 5 N–H and O–H groups in total. The lowest BCUT2D eigenvalue weighted by atomic mass is 9.74. The molecule has 0 aromatic rings. The predicted octanol–water partition coefficient (Wildman–Crippen LogP) is -0.0515. The van der Waals surface area contributed by atoms with E-state index in [2.05, 4.69) is 10.6 Å². The zero-order valence-electron chi connectivity index (χ0n) is 10.2. The second-order valence-corrected chi connectivity index (χ2v) is 4.66. The Balaban J connectivity index is 2.25. The second-order valence-electron chi connectivity index (χ2n) is 4.66. The van der Waals surface area contributed by atoms with Gasteiger partial charge in [0.1, 0.15) is 0 Å². The first kappa shape index (κ1) is 14.3. The maximum atomic E-state index is 11.5. The summed E-state index contributed by atoms with van der Waals surface area (Å²) in [5.74, 6) is -1.32. The topological polar surface area (TPSA) is 122 Å². The Morgan fingerprint density at radius 2 is 1.94 bits per heavy atom. The van der Waals surface area contributed by atoms with Crippen LogP contribution in [0.1, 0.15) is 38.5 Å². The normalized spacial score (nSPS) is 16.4. The molecule has 0 atom stereocenters. The highest BCUT2D eigenvalue weighted by atomic mass is 16.4. The van der Waals surface area contributed by atoms with Crippen LogP contribution in [0.25, 0.3) is 0 Å². The number of hydrogen-bond donors (Lipinski definition) is 4. The fourth-order valence-electron chi connectivity index (χ4n) is 1.99. The van der Waals surface area contributed by atoms with E-state index < -0.39 is 17.4 Å². The van der Waals surface area contributed by atoms with Crippen molar-refractivity contribution in [2.24, 2.45) is 5.73 Å². The van der Waals surface area contributed by atoms with Gasteiger partial charge in [0.05, 0.1) is 12.0 Å². The third-order valence-corrected chi connectivity index (χ3v) is 3.06. The molecular formula is C11H19N3O4. The lowest BCUT2D eigenvalue weighted by Crippen LogP contribution is -2.57. The molecule has 1 saturated carbocycles. The summed E-state index contributed by atoms with van der Waals surface area (Å²) in [6, 6.07) is -0.388. The number of amides is 3. The Hall–Kier alpha value is -1.79. The molecule has 18 heavy (non-hydrogen) atoms. The van der Waals surface area contributed by atoms with Gasteiger partial charge >= 0.3 is 12.0 Å². The summed E-state index contributed by atoms with van der Waals surface area (Å²) in [6.07, 6.45) is 2.95. The van der Waals surface area contributed by atoms with Crippen LogP contribution in [-0.4, -0.2) is 35.1 Å². The van der Waals surface area contributed by atoms with E-state index in [4.69, 9.17) is 10.8 Å². The van der Waals surface area contributed by atoms with Crippen LogP contribution >= 0.6 is 0 Å². The minimum atomic E-state index is -0.913. The number of carbonyl (C=O) groups is 3. The standard InChI is InChI=1S/C11H19N3O4/c12-8(15)3-1-6-13-10(18)14-11(4-2-5-11)7-9(16)17/h1-7H2,(H2,12,15)(H,16,17)(H2,13,14,18). The fraction of sp³-hybridized carbons (Fsp3) is 0.727. The maximum absolute atomic E-state index is 11.5. The van der Waals surface area contributed by atoms with Crippen LogP contribution in [0.3, 0.4) is 0 Å². The summed E-state index contributed by atoms with van der Waals surface area (Å²) in [5, 5.41) is 14.1. The van der Waals surface area contributed by atoms with Gasteiger partial charge in [-0.3, -0.25) is 9.59 Å². The van der Waals surface area contributed by atoms with Crippen LogP contribution in [0.4, 0.5) is 4.79 Å². The van der Waals surface area contributed by atoms with Crippen molar-refractivity contribution in [3.63, 3.8) is 0 Å². The lowest BCUT2D eigenvalue weighted by molar-refractivity contribution is -0.139. The minimum Gasteiger partial charge on any atom is -0.481 e. The lowest BCUT2D eigenvalue weighted by Gasteiger charge is -2.41. The number of carboxylic acid groups (broad SMARTS) is 1. The summed E-state index contributed by atoms with van der Waals surface area (Å²) >= 11 is 0. The van der Waals surface area contributed by atoms with Gasteiger partial charge in [-0.15, -0.1) is 0 Å². The Morgan fingerprint density at radius 1 is 1.28 bits per heavy atom. The third-order valence-electron chi connectivity index (χ3n) is 3.06. The number of urea groups is 1. The fourth-order valence-corrected chi connectivity index (χ4v) is 1.99. The molecule has 102 valence electrons. The van der Waals surface area contributed by atoms with E-state index in [1.807, 2.05) is 0 Å². The van der Waals surface area contributed by atoms with Gasteiger partial charge in [-0.25, -0.2) is 4.79 Å². The van der Waals surface area contributed by atoms with Crippen LogP contribution in [0.15, 0.2) is 0 Å². The van der Waals surface area contributed by atoms with Crippen molar-refractivity contribution >= 4 is 17.9 Å². The number of carbonyl (C=O) groups excluding carboxylic acids is 2. The molecule has 0 spiro atoms. The molecule has 0 aromatic carbocycles. The van der Waals surface area contributed by atoms with Crippen LogP contribution in [0.2, 0.25) is 0 Å². The molecule has 7 nitrogen and oxygen atoms in total. The quantitative estimate of drug-likeness (QED) is 0.477. The number of aliphatic carboxylic acids is 1. The zero-order chi connectivity index (χ0) is 13.6. The van der Waals surface area contributed by atoms with Crippen molar-refractivity contribution in [1.82, 2.24) is 10.6 Å². The number of hydrogen-bond acceptors (Lipinski definition) is 3. The smallest absolute Gasteiger partial charge is 0.315 e. The first-order chi connectivity index (χ1) is 8.43. The molecule has 0 aliphatic heterocycles. The van der Waals surface area contributed by atoms with Crippen molar-refractivity contribution in [3.05, 3.63) is 0 Å². The molecule has 7 heteroatoms. The first-order valence-electron chi connectivity index (χ1n) is 6.00. The van der Waals surface area contributed by atoms with Crippen molar-refractivity contribution in [2.75, 3.05) is 6.54 Å².